The molecule has 21 heavy (non-hydrogen) atoms. The third-order valence-electron chi connectivity index (χ3n) is 4.61. The van der Waals surface area contributed by atoms with Crippen LogP contribution in [0.2, 0.25) is 0 Å². The molecule has 1 aliphatic heterocycles. The molecule has 0 saturated carbocycles. The van der Waals surface area contributed by atoms with Crippen molar-refractivity contribution < 1.29 is 4.74 Å². The monoisotopic (exact) mass is 289 g/mol. The Morgan fingerprint density at radius 3 is 2.57 bits per heavy atom. The van der Waals surface area contributed by atoms with Crippen molar-refractivity contribution in [2.24, 2.45) is 11.8 Å². The van der Waals surface area contributed by atoms with Gasteiger partial charge >= 0.3 is 0 Å². The molecule has 1 saturated heterocycles. The normalized spacial score (nSPS) is 24.2. The van der Waals surface area contributed by atoms with Gasteiger partial charge in [0.05, 0.1) is 6.61 Å². The first kappa shape index (κ1) is 16.5. The highest BCUT2D eigenvalue weighted by atomic mass is 16.5. The Morgan fingerprint density at radius 2 is 1.90 bits per heavy atom. The largest absolute Gasteiger partial charge is 0.383 e. The molecule has 2 nitrogen and oxygen atoms in total. The van der Waals surface area contributed by atoms with Gasteiger partial charge in [-0.05, 0) is 42.6 Å². The van der Waals surface area contributed by atoms with Gasteiger partial charge < -0.3 is 9.64 Å². The lowest BCUT2D eigenvalue weighted by Gasteiger charge is -2.26. The quantitative estimate of drug-likeness (QED) is 0.779. The molecule has 118 valence electrons. The van der Waals surface area contributed by atoms with E-state index in [2.05, 4.69) is 49.1 Å². The SMILES string of the molecule is COCCN1CC(CC(C)C)CCC(c2ccccc2)C1. The maximum atomic E-state index is 5.30. The molecular formula is C19H31NO. The molecule has 1 fully saturated rings. The van der Waals surface area contributed by atoms with Crippen molar-refractivity contribution in [3.63, 3.8) is 0 Å². The topological polar surface area (TPSA) is 12.5 Å². The Kier molecular flexibility index (Phi) is 6.72. The zero-order chi connectivity index (χ0) is 15.1. The van der Waals surface area contributed by atoms with E-state index >= 15 is 0 Å². The number of methoxy groups -OCH3 is 1. The van der Waals surface area contributed by atoms with Gasteiger partial charge in [-0.15, -0.1) is 0 Å². The summed E-state index contributed by atoms with van der Waals surface area (Å²) in [7, 11) is 1.80. The zero-order valence-corrected chi connectivity index (χ0v) is 13.9. The summed E-state index contributed by atoms with van der Waals surface area (Å²) in [6, 6.07) is 11.0. The molecule has 0 aromatic heterocycles. The molecule has 1 aliphatic rings. The van der Waals surface area contributed by atoms with Crippen molar-refractivity contribution in [1.29, 1.82) is 0 Å². The Hall–Kier alpha value is -0.860. The number of likely N-dealkylation sites (tertiary alicyclic amines) is 1. The molecule has 0 N–H and O–H groups in total. The lowest BCUT2D eigenvalue weighted by Crippen LogP contribution is -2.33. The first-order valence-corrected chi connectivity index (χ1v) is 8.45. The van der Waals surface area contributed by atoms with Gasteiger partial charge in [0.25, 0.3) is 0 Å². The van der Waals surface area contributed by atoms with E-state index in [1.165, 1.54) is 37.9 Å². The molecule has 1 heterocycles. The van der Waals surface area contributed by atoms with Crippen LogP contribution in [0.3, 0.4) is 0 Å². The summed E-state index contributed by atoms with van der Waals surface area (Å²) in [5, 5.41) is 0. The van der Waals surface area contributed by atoms with Crippen LogP contribution < -0.4 is 0 Å². The standard InChI is InChI=1S/C19H31NO/c1-16(2)13-17-9-10-19(18-7-5-4-6-8-18)15-20(14-17)11-12-21-3/h4-8,16-17,19H,9-15H2,1-3H3. The molecule has 0 aliphatic carbocycles. The molecule has 0 radical (unpaired) electrons. The van der Waals surface area contributed by atoms with Crippen molar-refractivity contribution in [2.45, 2.75) is 39.0 Å². The van der Waals surface area contributed by atoms with Gasteiger partial charge in [0.15, 0.2) is 0 Å². The van der Waals surface area contributed by atoms with E-state index in [4.69, 9.17) is 4.74 Å². The third-order valence-corrected chi connectivity index (χ3v) is 4.61. The van der Waals surface area contributed by atoms with Crippen LogP contribution in [-0.2, 0) is 4.74 Å². The number of benzene rings is 1. The third kappa shape index (κ3) is 5.44. The number of hydrogen-bond donors (Lipinski definition) is 0. The highest BCUT2D eigenvalue weighted by molar-refractivity contribution is 5.20. The summed E-state index contributed by atoms with van der Waals surface area (Å²) >= 11 is 0. The molecule has 2 atom stereocenters. The van der Waals surface area contributed by atoms with E-state index in [-0.39, 0.29) is 0 Å². The van der Waals surface area contributed by atoms with Crippen molar-refractivity contribution in [2.75, 3.05) is 33.4 Å². The summed E-state index contributed by atoms with van der Waals surface area (Å²) < 4.78 is 5.30. The second-order valence-electron chi connectivity index (χ2n) is 6.93. The molecular weight excluding hydrogens is 258 g/mol. The minimum absolute atomic E-state index is 0.681. The second kappa shape index (κ2) is 8.55. The fourth-order valence-corrected chi connectivity index (χ4v) is 3.63. The van der Waals surface area contributed by atoms with E-state index in [1.54, 1.807) is 7.11 Å². The summed E-state index contributed by atoms with van der Waals surface area (Å²) in [6.07, 6.45) is 4.04. The number of nitrogens with zero attached hydrogens (tertiary/aromatic N) is 1. The van der Waals surface area contributed by atoms with Crippen LogP contribution in [0.25, 0.3) is 0 Å². The van der Waals surface area contributed by atoms with Crippen molar-refractivity contribution >= 4 is 0 Å². The van der Waals surface area contributed by atoms with E-state index in [9.17, 15) is 0 Å². The van der Waals surface area contributed by atoms with Gasteiger partial charge in [-0.25, -0.2) is 0 Å². The zero-order valence-electron chi connectivity index (χ0n) is 13.9. The molecule has 2 rings (SSSR count). The Labute approximate surface area is 130 Å². The maximum absolute atomic E-state index is 5.30. The fourth-order valence-electron chi connectivity index (χ4n) is 3.63. The fraction of sp³-hybridized carbons (Fsp3) is 0.684. The number of ether oxygens (including phenoxy) is 1. The maximum Gasteiger partial charge on any atom is 0.0589 e. The first-order valence-electron chi connectivity index (χ1n) is 8.45. The van der Waals surface area contributed by atoms with Gasteiger partial charge in [-0.3, -0.25) is 0 Å². The van der Waals surface area contributed by atoms with Gasteiger partial charge in [0.1, 0.15) is 0 Å². The molecule has 0 spiro atoms. The summed E-state index contributed by atoms with van der Waals surface area (Å²) in [5.74, 6) is 2.32. The number of hydrogen-bond acceptors (Lipinski definition) is 2. The van der Waals surface area contributed by atoms with Crippen LogP contribution in [0.5, 0.6) is 0 Å². The van der Waals surface area contributed by atoms with Crippen LogP contribution in [-0.4, -0.2) is 38.3 Å². The van der Waals surface area contributed by atoms with Crippen LogP contribution in [0.1, 0.15) is 44.6 Å². The minimum Gasteiger partial charge on any atom is -0.383 e. The summed E-state index contributed by atoms with van der Waals surface area (Å²) in [4.78, 5) is 2.63. The molecule has 0 bridgehead atoms. The minimum atomic E-state index is 0.681. The van der Waals surface area contributed by atoms with E-state index in [0.29, 0.717) is 5.92 Å². The molecule has 1 aromatic carbocycles. The first-order chi connectivity index (χ1) is 10.2. The van der Waals surface area contributed by atoms with Crippen molar-refractivity contribution in [3.05, 3.63) is 35.9 Å². The lowest BCUT2D eigenvalue weighted by molar-refractivity contribution is 0.136. The lowest BCUT2D eigenvalue weighted by atomic mass is 9.89. The summed E-state index contributed by atoms with van der Waals surface area (Å²) in [6.45, 7) is 9.02. The summed E-state index contributed by atoms with van der Waals surface area (Å²) in [5.41, 5.74) is 1.50. The second-order valence-corrected chi connectivity index (χ2v) is 6.93. The van der Waals surface area contributed by atoms with Crippen LogP contribution >= 0.6 is 0 Å². The Morgan fingerprint density at radius 1 is 1.14 bits per heavy atom. The van der Waals surface area contributed by atoms with Gasteiger partial charge in [-0.1, -0.05) is 44.2 Å². The molecule has 1 aromatic rings. The predicted molar refractivity (Wildman–Crippen MR) is 89.7 cm³/mol. The molecule has 2 unspecified atom stereocenters. The average molecular weight is 289 g/mol. The average Bonchev–Trinajstić information content (AvgIpc) is 2.68. The Bertz CT molecular complexity index is 390. The van der Waals surface area contributed by atoms with Gasteiger partial charge in [0, 0.05) is 26.7 Å². The van der Waals surface area contributed by atoms with Gasteiger partial charge in [-0.2, -0.15) is 0 Å². The van der Waals surface area contributed by atoms with Gasteiger partial charge in [0.2, 0.25) is 0 Å². The molecule has 0 amide bonds. The smallest absolute Gasteiger partial charge is 0.0589 e. The highest BCUT2D eigenvalue weighted by Gasteiger charge is 2.25. The number of rotatable bonds is 6. The van der Waals surface area contributed by atoms with Crippen LogP contribution in [0.15, 0.2) is 30.3 Å². The Balaban J connectivity index is 2.04. The van der Waals surface area contributed by atoms with Crippen LogP contribution in [0.4, 0.5) is 0 Å². The highest BCUT2D eigenvalue weighted by Crippen LogP contribution is 2.31. The molecule has 2 heteroatoms. The van der Waals surface area contributed by atoms with E-state index in [1.807, 2.05) is 0 Å². The van der Waals surface area contributed by atoms with E-state index in [0.717, 1.165) is 25.0 Å². The van der Waals surface area contributed by atoms with E-state index < -0.39 is 0 Å². The van der Waals surface area contributed by atoms with Crippen LogP contribution in [0, 0.1) is 11.8 Å². The van der Waals surface area contributed by atoms with Crippen molar-refractivity contribution in [1.82, 2.24) is 4.90 Å². The van der Waals surface area contributed by atoms with Crippen molar-refractivity contribution in [3.8, 4) is 0 Å². The predicted octanol–water partition coefficient (Wildman–Crippen LogP) is 4.17.